The first kappa shape index (κ1) is 27.4. The molecule has 0 radical (unpaired) electrons. The third kappa shape index (κ3) is 5.20. The highest BCUT2D eigenvalue weighted by Gasteiger charge is 2.45. The van der Waals surface area contributed by atoms with Crippen molar-refractivity contribution in [2.45, 2.75) is 32.2 Å². The summed E-state index contributed by atoms with van der Waals surface area (Å²) < 4.78 is 28.2. The Labute approximate surface area is 240 Å². The fourth-order valence-electron chi connectivity index (χ4n) is 5.67. The molecule has 2 fully saturated rings. The zero-order valence-corrected chi connectivity index (χ0v) is 23.2. The van der Waals surface area contributed by atoms with Crippen molar-refractivity contribution < 1.29 is 28.4 Å². The lowest BCUT2D eigenvalue weighted by Crippen LogP contribution is -2.58. The lowest BCUT2D eigenvalue weighted by molar-refractivity contribution is -0.389. The Hall–Kier alpha value is -4.72. The normalized spacial score (nSPS) is 22.1. The summed E-state index contributed by atoms with van der Waals surface area (Å²) in [6.07, 6.45) is 0.325. The van der Waals surface area contributed by atoms with Crippen LogP contribution in [0, 0.1) is 15.9 Å². The monoisotopic (exact) mass is 579 g/mol. The molecule has 0 spiro atoms. The van der Waals surface area contributed by atoms with Gasteiger partial charge in [0.15, 0.2) is 5.72 Å². The molecule has 6 rings (SSSR count). The number of fused-ring (bicyclic) bond motifs is 1. The average molecular weight is 580 g/mol. The third-order valence-corrected chi connectivity index (χ3v) is 7.90. The number of nitro groups is 1. The molecule has 3 aliphatic heterocycles. The van der Waals surface area contributed by atoms with Crippen LogP contribution in [0.15, 0.2) is 48.7 Å². The maximum atomic E-state index is 15.2. The van der Waals surface area contributed by atoms with Crippen LogP contribution in [-0.2, 0) is 16.1 Å². The molecule has 2 aromatic carbocycles. The molecule has 42 heavy (non-hydrogen) atoms. The lowest BCUT2D eigenvalue weighted by atomic mass is 10.0. The quantitative estimate of drug-likeness (QED) is 0.331. The number of nitrogens with one attached hydrogen (secondary N) is 1. The minimum atomic E-state index is -0.630. The molecular formula is C28H30FN7O6. The molecule has 220 valence electrons. The van der Waals surface area contributed by atoms with E-state index in [2.05, 4.69) is 20.1 Å². The third-order valence-electron chi connectivity index (χ3n) is 7.90. The van der Waals surface area contributed by atoms with E-state index in [1.165, 1.54) is 24.1 Å². The predicted molar refractivity (Wildman–Crippen MR) is 150 cm³/mol. The molecule has 1 unspecified atom stereocenters. The Bertz CT molecular complexity index is 1510. The molecule has 1 aromatic heterocycles. The predicted octanol–water partition coefficient (Wildman–Crippen LogP) is 2.99. The topological polar surface area (TPSA) is 135 Å². The van der Waals surface area contributed by atoms with Crippen LogP contribution in [-0.4, -0.2) is 82.5 Å². The fourth-order valence-corrected chi connectivity index (χ4v) is 5.67. The Balaban J connectivity index is 1.06. The minimum absolute atomic E-state index is 0.200. The number of halogens is 1. The van der Waals surface area contributed by atoms with E-state index in [0.717, 1.165) is 31.9 Å². The van der Waals surface area contributed by atoms with Crippen LogP contribution in [0.1, 0.15) is 13.8 Å². The van der Waals surface area contributed by atoms with Crippen molar-refractivity contribution >= 4 is 29.2 Å². The van der Waals surface area contributed by atoms with Gasteiger partial charge in [-0.25, -0.2) is 9.18 Å². The summed E-state index contributed by atoms with van der Waals surface area (Å²) in [5.41, 5.74) is 1.91. The standard InChI is InChI=1S/C28H30FN7O6/c1-18(37)30-14-22-15-35(27(38)41-22)21-7-8-23(24(29)13-21)19-3-5-20(6-4-19)32-9-11-34(12-10-32)28(2)17-33-16-25(36(39)40)31-26(33)42-28/h3-8,13,16,22H,9-12,14-15,17H2,1-2H3,(H,30,37)/t22-,28?/m0/s1. The van der Waals surface area contributed by atoms with Crippen LogP contribution in [0.2, 0.25) is 0 Å². The molecule has 2 atom stereocenters. The molecule has 13 nitrogen and oxygen atoms in total. The van der Waals surface area contributed by atoms with E-state index >= 15 is 4.39 Å². The van der Waals surface area contributed by atoms with Crippen molar-refractivity contribution in [3.05, 3.63) is 64.6 Å². The molecule has 0 aliphatic carbocycles. The largest absolute Gasteiger partial charge is 0.442 e. The zero-order chi connectivity index (χ0) is 29.6. The van der Waals surface area contributed by atoms with Crippen LogP contribution in [0.25, 0.3) is 11.1 Å². The minimum Gasteiger partial charge on any atom is -0.442 e. The number of imidazole rings is 1. The number of benzene rings is 2. The number of cyclic esters (lactones) is 1. The Morgan fingerprint density at radius 3 is 2.52 bits per heavy atom. The number of hydrogen-bond donors (Lipinski definition) is 1. The molecule has 0 bridgehead atoms. The number of rotatable bonds is 7. The van der Waals surface area contributed by atoms with Crippen molar-refractivity contribution in [3.8, 4) is 17.1 Å². The summed E-state index contributed by atoms with van der Waals surface area (Å²) in [7, 11) is 0. The van der Waals surface area contributed by atoms with Crippen LogP contribution >= 0.6 is 0 Å². The van der Waals surface area contributed by atoms with E-state index in [1.807, 2.05) is 31.2 Å². The number of aromatic nitrogens is 2. The van der Waals surface area contributed by atoms with Crippen LogP contribution in [0.3, 0.4) is 0 Å². The van der Waals surface area contributed by atoms with Crippen LogP contribution in [0.5, 0.6) is 6.01 Å². The van der Waals surface area contributed by atoms with Gasteiger partial charge in [0.05, 0.1) is 25.3 Å². The molecule has 0 saturated carbocycles. The van der Waals surface area contributed by atoms with Gasteiger partial charge >= 0.3 is 17.9 Å². The second kappa shape index (κ2) is 10.6. The second-order valence-electron chi connectivity index (χ2n) is 10.8. The van der Waals surface area contributed by atoms with Gasteiger partial charge in [0.25, 0.3) is 0 Å². The summed E-state index contributed by atoms with van der Waals surface area (Å²) in [6, 6.07) is 12.6. The first-order chi connectivity index (χ1) is 20.1. The Morgan fingerprint density at radius 2 is 1.88 bits per heavy atom. The van der Waals surface area contributed by atoms with E-state index in [-0.39, 0.29) is 30.8 Å². The van der Waals surface area contributed by atoms with Crippen LogP contribution < -0.4 is 19.9 Å². The van der Waals surface area contributed by atoms with Gasteiger partial charge in [0.1, 0.15) is 18.1 Å². The number of amides is 2. The smallest absolute Gasteiger partial charge is 0.416 e. The molecular weight excluding hydrogens is 549 g/mol. The first-order valence-electron chi connectivity index (χ1n) is 13.6. The number of nitrogens with zero attached hydrogens (tertiary/aromatic N) is 6. The highest BCUT2D eigenvalue weighted by Crippen LogP contribution is 2.35. The molecule has 3 aliphatic rings. The van der Waals surface area contributed by atoms with Gasteiger partial charge in [-0.05, 0) is 47.7 Å². The van der Waals surface area contributed by atoms with Crippen molar-refractivity contribution in [1.29, 1.82) is 0 Å². The van der Waals surface area contributed by atoms with Gasteiger partial charge in [-0.15, -0.1) is 0 Å². The Morgan fingerprint density at radius 1 is 1.17 bits per heavy atom. The lowest BCUT2D eigenvalue weighted by Gasteiger charge is -2.42. The Kier molecular flexibility index (Phi) is 6.93. The van der Waals surface area contributed by atoms with E-state index in [4.69, 9.17) is 9.47 Å². The molecule has 2 saturated heterocycles. The van der Waals surface area contributed by atoms with Gasteiger partial charge in [0.2, 0.25) is 5.91 Å². The van der Waals surface area contributed by atoms with Gasteiger partial charge in [-0.1, -0.05) is 12.1 Å². The van der Waals surface area contributed by atoms with Gasteiger partial charge in [-0.3, -0.25) is 19.2 Å². The van der Waals surface area contributed by atoms with Crippen molar-refractivity contribution in [2.24, 2.45) is 0 Å². The van der Waals surface area contributed by atoms with Gasteiger partial charge in [0, 0.05) is 49.3 Å². The number of hydrogen-bond acceptors (Lipinski definition) is 9. The number of carbonyl (C=O) groups is 2. The van der Waals surface area contributed by atoms with E-state index < -0.39 is 28.7 Å². The molecule has 4 heterocycles. The second-order valence-corrected chi connectivity index (χ2v) is 10.8. The summed E-state index contributed by atoms with van der Waals surface area (Å²) >= 11 is 0. The van der Waals surface area contributed by atoms with E-state index in [0.29, 0.717) is 23.4 Å². The zero-order valence-electron chi connectivity index (χ0n) is 23.2. The van der Waals surface area contributed by atoms with Gasteiger partial charge in [-0.2, -0.15) is 0 Å². The number of carbonyl (C=O) groups excluding carboxylic acids is 2. The van der Waals surface area contributed by atoms with Crippen molar-refractivity contribution in [3.63, 3.8) is 0 Å². The van der Waals surface area contributed by atoms with E-state index in [1.54, 1.807) is 16.7 Å². The van der Waals surface area contributed by atoms with Gasteiger partial charge < -0.3 is 29.8 Å². The van der Waals surface area contributed by atoms with Crippen LogP contribution in [0.4, 0.5) is 26.4 Å². The number of piperazine rings is 1. The molecule has 1 N–H and O–H groups in total. The first-order valence-corrected chi connectivity index (χ1v) is 13.6. The average Bonchev–Trinajstić information content (AvgIpc) is 3.63. The maximum Gasteiger partial charge on any atom is 0.416 e. The summed E-state index contributed by atoms with van der Waals surface area (Å²) in [5.74, 6) is -0.894. The molecule has 2 amide bonds. The molecule has 14 heteroatoms. The summed E-state index contributed by atoms with van der Waals surface area (Å²) in [6.45, 7) is 7.18. The van der Waals surface area contributed by atoms with E-state index in [9.17, 15) is 19.7 Å². The van der Waals surface area contributed by atoms with Crippen molar-refractivity contribution in [1.82, 2.24) is 19.8 Å². The summed E-state index contributed by atoms with van der Waals surface area (Å²) in [5, 5.41) is 13.6. The SMILES string of the molecule is CC(=O)NC[C@H]1CN(c2ccc(-c3ccc(N4CCN(C5(C)Cn6cc([N+](=O)[O-])nc6O5)CC4)cc3)c(F)c2)C(=O)O1. The molecule has 3 aromatic rings. The van der Waals surface area contributed by atoms with Crippen molar-refractivity contribution in [2.75, 3.05) is 49.1 Å². The fraction of sp³-hybridized carbons (Fsp3) is 0.393. The number of anilines is 2. The summed E-state index contributed by atoms with van der Waals surface area (Å²) in [4.78, 5) is 43.7. The number of ether oxygens (including phenoxy) is 2. The maximum absolute atomic E-state index is 15.2. The highest BCUT2D eigenvalue weighted by atomic mass is 19.1. The highest BCUT2D eigenvalue weighted by molar-refractivity contribution is 5.90.